The molecule has 1 N–H and O–H groups in total. The Labute approximate surface area is 122 Å². The van der Waals surface area contributed by atoms with Crippen molar-refractivity contribution in [1.29, 1.82) is 0 Å². The highest BCUT2D eigenvalue weighted by molar-refractivity contribution is 5.28. The zero-order chi connectivity index (χ0) is 15.5. The molecule has 0 saturated heterocycles. The summed E-state index contributed by atoms with van der Waals surface area (Å²) in [5, 5.41) is 10.1. The molecule has 0 bridgehead atoms. The molecule has 0 heterocycles. The molecule has 2 aromatic carbocycles. The number of hydrogen-bond acceptors (Lipinski definition) is 1. The van der Waals surface area contributed by atoms with Gasteiger partial charge in [0.05, 0.1) is 11.7 Å². The van der Waals surface area contributed by atoms with Crippen LogP contribution < -0.4 is 0 Å². The molecule has 0 aliphatic rings. The third kappa shape index (κ3) is 4.33. The monoisotopic (exact) mass is 294 g/mol. The Morgan fingerprint density at radius 1 is 0.952 bits per heavy atom. The van der Waals surface area contributed by atoms with Gasteiger partial charge in [-0.25, -0.2) is 0 Å². The summed E-state index contributed by atoms with van der Waals surface area (Å²) in [4.78, 5) is 0. The van der Waals surface area contributed by atoms with Crippen molar-refractivity contribution >= 4 is 0 Å². The lowest BCUT2D eigenvalue weighted by molar-refractivity contribution is -0.137. The number of rotatable bonds is 4. The van der Waals surface area contributed by atoms with Crippen LogP contribution in [-0.4, -0.2) is 11.2 Å². The van der Waals surface area contributed by atoms with Crippen LogP contribution in [0.3, 0.4) is 0 Å². The van der Waals surface area contributed by atoms with E-state index >= 15 is 0 Å². The summed E-state index contributed by atoms with van der Waals surface area (Å²) in [5.41, 5.74) is 2.18. The van der Waals surface area contributed by atoms with Crippen molar-refractivity contribution < 1.29 is 18.3 Å². The highest BCUT2D eigenvalue weighted by Gasteiger charge is 2.29. The molecule has 1 atom stereocenters. The first kappa shape index (κ1) is 15.6. The summed E-state index contributed by atoms with van der Waals surface area (Å²) in [7, 11) is 0. The number of alkyl halides is 3. The Bertz CT molecular complexity index is 588. The van der Waals surface area contributed by atoms with Crippen molar-refractivity contribution in [3.63, 3.8) is 0 Å². The molecule has 0 saturated carbocycles. The van der Waals surface area contributed by atoms with Crippen LogP contribution in [0.15, 0.2) is 48.5 Å². The molecule has 4 heteroatoms. The highest BCUT2D eigenvalue weighted by atomic mass is 19.4. The van der Waals surface area contributed by atoms with Crippen LogP contribution in [0.4, 0.5) is 13.2 Å². The van der Waals surface area contributed by atoms with Gasteiger partial charge in [-0.3, -0.25) is 0 Å². The fourth-order valence-electron chi connectivity index (χ4n) is 2.27. The molecule has 0 radical (unpaired) electrons. The molecule has 0 aliphatic carbocycles. The Hall–Kier alpha value is -1.81. The normalized spacial score (nSPS) is 13.2. The minimum Gasteiger partial charge on any atom is -0.392 e. The lowest BCUT2D eigenvalue weighted by atomic mass is 9.98. The van der Waals surface area contributed by atoms with Crippen molar-refractivity contribution in [2.75, 3.05) is 0 Å². The minimum absolute atomic E-state index is 0.340. The molecule has 0 spiro atoms. The van der Waals surface area contributed by atoms with E-state index < -0.39 is 17.8 Å². The van der Waals surface area contributed by atoms with Gasteiger partial charge in [-0.15, -0.1) is 0 Å². The van der Waals surface area contributed by atoms with Gasteiger partial charge in [-0.05, 0) is 48.6 Å². The topological polar surface area (TPSA) is 20.2 Å². The maximum absolute atomic E-state index is 12.5. The van der Waals surface area contributed by atoms with Gasteiger partial charge in [0.1, 0.15) is 0 Å². The first-order valence-electron chi connectivity index (χ1n) is 6.75. The predicted molar refractivity (Wildman–Crippen MR) is 76.0 cm³/mol. The lowest BCUT2D eigenvalue weighted by Crippen LogP contribution is -2.15. The number of hydrogen-bond donors (Lipinski definition) is 1. The highest BCUT2D eigenvalue weighted by Crippen LogP contribution is 2.29. The van der Waals surface area contributed by atoms with E-state index in [1.807, 2.05) is 31.2 Å². The van der Waals surface area contributed by atoms with Crippen molar-refractivity contribution in [3.05, 3.63) is 70.8 Å². The van der Waals surface area contributed by atoms with Crippen molar-refractivity contribution in [2.24, 2.45) is 0 Å². The number of aliphatic hydroxyl groups excluding tert-OH is 1. The van der Waals surface area contributed by atoms with E-state index in [9.17, 15) is 18.3 Å². The molecule has 2 rings (SSSR count). The van der Waals surface area contributed by atoms with Gasteiger partial charge in [0.15, 0.2) is 0 Å². The zero-order valence-electron chi connectivity index (χ0n) is 11.7. The number of benzene rings is 2. The van der Waals surface area contributed by atoms with Crippen LogP contribution in [-0.2, 0) is 19.0 Å². The molecule has 0 aromatic heterocycles. The second kappa shape index (κ2) is 6.31. The Morgan fingerprint density at radius 3 is 2.14 bits per heavy atom. The van der Waals surface area contributed by atoms with Crippen LogP contribution in [0.2, 0.25) is 0 Å². The van der Waals surface area contributed by atoms with E-state index in [1.165, 1.54) is 12.1 Å². The van der Waals surface area contributed by atoms with E-state index in [4.69, 9.17) is 0 Å². The molecule has 1 nitrogen and oxygen atoms in total. The quantitative estimate of drug-likeness (QED) is 0.897. The molecule has 0 aliphatic heterocycles. The maximum Gasteiger partial charge on any atom is 0.416 e. The SMILES string of the molecule is Cc1ccccc1CC(O)Cc1ccc(C(F)(F)F)cc1. The fourth-order valence-corrected chi connectivity index (χ4v) is 2.27. The first-order chi connectivity index (χ1) is 9.86. The van der Waals surface area contributed by atoms with Gasteiger partial charge in [0, 0.05) is 0 Å². The fraction of sp³-hybridized carbons (Fsp3) is 0.294. The van der Waals surface area contributed by atoms with Crippen LogP contribution in [0.1, 0.15) is 22.3 Å². The van der Waals surface area contributed by atoms with Gasteiger partial charge >= 0.3 is 6.18 Å². The number of aliphatic hydroxyl groups is 1. The van der Waals surface area contributed by atoms with Crippen molar-refractivity contribution in [1.82, 2.24) is 0 Å². The van der Waals surface area contributed by atoms with Gasteiger partial charge in [0.25, 0.3) is 0 Å². The predicted octanol–water partition coefficient (Wildman–Crippen LogP) is 4.16. The van der Waals surface area contributed by atoms with Crippen molar-refractivity contribution in [3.8, 4) is 0 Å². The largest absolute Gasteiger partial charge is 0.416 e. The van der Waals surface area contributed by atoms with Crippen LogP contribution in [0.25, 0.3) is 0 Å². The van der Waals surface area contributed by atoms with Crippen LogP contribution >= 0.6 is 0 Å². The summed E-state index contributed by atoms with van der Waals surface area (Å²) < 4.78 is 37.4. The summed E-state index contributed by atoms with van der Waals surface area (Å²) >= 11 is 0. The zero-order valence-corrected chi connectivity index (χ0v) is 11.7. The average molecular weight is 294 g/mol. The van der Waals surface area contributed by atoms with E-state index in [1.54, 1.807) is 0 Å². The summed E-state index contributed by atoms with van der Waals surface area (Å²) in [5.74, 6) is 0. The summed E-state index contributed by atoms with van der Waals surface area (Å²) in [6.45, 7) is 1.97. The summed E-state index contributed by atoms with van der Waals surface area (Å²) in [6, 6.07) is 12.7. The second-order valence-corrected chi connectivity index (χ2v) is 5.18. The Kier molecular flexibility index (Phi) is 4.68. The third-order valence-corrected chi connectivity index (χ3v) is 3.47. The Balaban J connectivity index is 2.00. The van der Waals surface area contributed by atoms with E-state index in [0.29, 0.717) is 18.4 Å². The molecule has 0 fully saturated rings. The standard InChI is InChI=1S/C17H17F3O/c1-12-4-2-3-5-14(12)11-16(21)10-13-6-8-15(9-7-13)17(18,19)20/h2-9,16,21H,10-11H2,1H3. The van der Waals surface area contributed by atoms with Gasteiger partial charge in [0.2, 0.25) is 0 Å². The van der Waals surface area contributed by atoms with E-state index in [2.05, 4.69) is 0 Å². The van der Waals surface area contributed by atoms with Gasteiger partial charge < -0.3 is 5.11 Å². The van der Waals surface area contributed by atoms with E-state index in [-0.39, 0.29) is 0 Å². The lowest BCUT2D eigenvalue weighted by Gasteiger charge is -2.13. The molecule has 112 valence electrons. The molecule has 1 unspecified atom stereocenters. The van der Waals surface area contributed by atoms with Crippen LogP contribution in [0.5, 0.6) is 0 Å². The average Bonchev–Trinajstić information content (AvgIpc) is 2.41. The van der Waals surface area contributed by atoms with Crippen LogP contribution in [0, 0.1) is 6.92 Å². The van der Waals surface area contributed by atoms with Crippen molar-refractivity contribution in [2.45, 2.75) is 32.0 Å². The smallest absolute Gasteiger partial charge is 0.392 e. The number of halogens is 3. The third-order valence-electron chi connectivity index (χ3n) is 3.47. The number of aryl methyl sites for hydroxylation is 1. The first-order valence-corrected chi connectivity index (χ1v) is 6.75. The molecule has 0 amide bonds. The molecular formula is C17H17F3O. The molecule has 2 aromatic rings. The Morgan fingerprint density at radius 2 is 1.57 bits per heavy atom. The maximum atomic E-state index is 12.5. The molecular weight excluding hydrogens is 277 g/mol. The van der Waals surface area contributed by atoms with Gasteiger partial charge in [-0.1, -0.05) is 36.4 Å². The second-order valence-electron chi connectivity index (χ2n) is 5.18. The van der Waals surface area contributed by atoms with E-state index in [0.717, 1.165) is 23.3 Å². The van der Waals surface area contributed by atoms with Gasteiger partial charge in [-0.2, -0.15) is 13.2 Å². The summed E-state index contributed by atoms with van der Waals surface area (Å²) in [6.07, 6.45) is -4.10. The minimum atomic E-state index is -4.32. The molecule has 21 heavy (non-hydrogen) atoms.